The van der Waals surface area contributed by atoms with Gasteiger partial charge in [-0.05, 0) is 77.7 Å². The zero-order valence-electron chi connectivity index (χ0n) is 15.2. The molecular formula is C19H19IN5OP. The molecule has 0 saturated heterocycles. The summed E-state index contributed by atoms with van der Waals surface area (Å²) in [6.07, 6.45) is 1.86. The maximum absolute atomic E-state index is 12.7. The van der Waals surface area contributed by atoms with E-state index in [2.05, 4.69) is 50.1 Å². The van der Waals surface area contributed by atoms with Crippen molar-refractivity contribution in [1.29, 1.82) is 10.7 Å². The van der Waals surface area contributed by atoms with Crippen molar-refractivity contribution in [3.05, 3.63) is 64.5 Å². The van der Waals surface area contributed by atoms with Gasteiger partial charge in [0.05, 0.1) is 11.3 Å². The average Bonchev–Trinajstić information content (AvgIpc) is 2.64. The van der Waals surface area contributed by atoms with Crippen LogP contribution in [0.25, 0.3) is 0 Å². The number of halogens is 1. The molecule has 0 fully saturated rings. The van der Waals surface area contributed by atoms with Crippen LogP contribution in [0.4, 0.5) is 11.4 Å². The molecule has 3 N–H and O–H groups in total. The number of amides is 1. The van der Waals surface area contributed by atoms with Gasteiger partial charge >= 0.3 is 0 Å². The van der Waals surface area contributed by atoms with Crippen LogP contribution >= 0.6 is 28.4 Å². The van der Waals surface area contributed by atoms with E-state index in [4.69, 9.17) is 10.7 Å². The number of anilines is 2. The second-order valence-corrected chi connectivity index (χ2v) is 8.03. The highest BCUT2D eigenvalue weighted by Gasteiger charge is 2.16. The first-order chi connectivity index (χ1) is 12.8. The minimum atomic E-state index is -0.357. The SMILES string of the molecule is C=C(C)C(=N)c1cc(NC(=O)c2ncc(C#N)c(C)c2C)ccc1NPI. The van der Waals surface area contributed by atoms with Gasteiger partial charge in [-0.2, -0.15) is 5.26 Å². The Balaban J connectivity index is 2.37. The molecule has 1 aromatic heterocycles. The number of carbonyl (C=O) groups is 1. The van der Waals surface area contributed by atoms with Crippen molar-refractivity contribution in [1.82, 2.24) is 4.98 Å². The molecule has 1 aromatic carbocycles. The first-order valence-electron chi connectivity index (χ1n) is 7.98. The van der Waals surface area contributed by atoms with E-state index in [1.54, 1.807) is 32.9 Å². The third-order valence-corrected chi connectivity index (χ3v) is 5.31. The predicted molar refractivity (Wildman–Crippen MR) is 120 cm³/mol. The van der Waals surface area contributed by atoms with Gasteiger partial charge in [-0.25, -0.2) is 4.98 Å². The Morgan fingerprint density at radius 3 is 2.67 bits per heavy atom. The minimum Gasteiger partial charge on any atom is -0.358 e. The van der Waals surface area contributed by atoms with Gasteiger partial charge < -0.3 is 10.4 Å². The molecule has 0 spiro atoms. The van der Waals surface area contributed by atoms with Crippen LogP contribution in [0.3, 0.4) is 0 Å². The number of nitriles is 1. The Hall–Kier alpha value is -2.30. The second-order valence-electron chi connectivity index (χ2n) is 5.97. The number of nitrogens with zero attached hydrogens (tertiary/aromatic N) is 2. The molecule has 6 nitrogen and oxygen atoms in total. The van der Waals surface area contributed by atoms with Gasteiger partial charge in [-0.15, -0.1) is 0 Å². The maximum Gasteiger partial charge on any atom is 0.274 e. The van der Waals surface area contributed by atoms with Crippen LogP contribution < -0.4 is 10.4 Å². The summed E-state index contributed by atoms with van der Waals surface area (Å²) in [5.74, 6) is -0.357. The number of aromatic nitrogens is 1. The van der Waals surface area contributed by atoms with Crippen LogP contribution in [0.15, 0.2) is 36.5 Å². The van der Waals surface area contributed by atoms with Crippen molar-refractivity contribution < 1.29 is 4.79 Å². The number of rotatable bonds is 6. The molecule has 2 rings (SSSR count). The quantitative estimate of drug-likeness (QED) is 0.297. The molecule has 0 bridgehead atoms. The second kappa shape index (κ2) is 9.07. The van der Waals surface area contributed by atoms with E-state index in [9.17, 15) is 4.79 Å². The smallest absolute Gasteiger partial charge is 0.274 e. The van der Waals surface area contributed by atoms with E-state index in [-0.39, 0.29) is 11.6 Å². The third-order valence-electron chi connectivity index (χ3n) is 4.14. The van der Waals surface area contributed by atoms with Gasteiger partial charge in [0.2, 0.25) is 0 Å². The molecule has 0 aliphatic carbocycles. The lowest BCUT2D eigenvalue weighted by atomic mass is 10.0. The number of hydrogen-bond donors (Lipinski definition) is 3. The average molecular weight is 491 g/mol. The molecule has 8 heteroatoms. The van der Waals surface area contributed by atoms with Crippen molar-refractivity contribution in [2.45, 2.75) is 20.8 Å². The lowest BCUT2D eigenvalue weighted by Gasteiger charge is -2.14. The Morgan fingerprint density at radius 2 is 2.07 bits per heavy atom. The summed E-state index contributed by atoms with van der Waals surface area (Å²) in [6, 6.07) is 7.43. The van der Waals surface area contributed by atoms with Crippen LogP contribution in [0.5, 0.6) is 0 Å². The van der Waals surface area contributed by atoms with Crippen molar-refractivity contribution >= 4 is 51.4 Å². The molecule has 27 heavy (non-hydrogen) atoms. The lowest BCUT2D eigenvalue weighted by Crippen LogP contribution is -2.17. The van der Waals surface area contributed by atoms with Gasteiger partial charge in [0.1, 0.15) is 11.8 Å². The highest BCUT2D eigenvalue weighted by Crippen LogP contribution is 2.30. The molecule has 0 aliphatic heterocycles. The molecule has 2 aromatic rings. The fourth-order valence-electron chi connectivity index (χ4n) is 2.45. The van der Waals surface area contributed by atoms with Gasteiger partial charge in [-0.3, -0.25) is 10.2 Å². The summed E-state index contributed by atoms with van der Waals surface area (Å²) < 4.78 is 0. The largest absolute Gasteiger partial charge is 0.358 e. The Bertz CT molecular complexity index is 981. The fourth-order valence-corrected chi connectivity index (χ4v) is 3.64. The molecule has 1 amide bonds. The lowest BCUT2D eigenvalue weighted by molar-refractivity contribution is 0.102. The number of hydrogen-bond acceptors (Lipinski definition) is 5. The normalized spacial score (nSPS) is 10.5. The van der Waals surface area contributed by atoms with Gasteiger partial charge in [0.15, 0.2) is 0 Å². The number of benzene rings is 1. The highest BCUT2D eigenvalue weighted by molar-refractivity contribution is 14.2. The summed E-state index contributed by atoms with van der Waals surface area (Å²) in [5.41, 5.74) is 5.14. The first kappa shape index (κ1) is 21.0. The molecule has 138 valence electrons. The predicted octanol–water partition coefficient (Wildman–Crippen LogP) is 5.12. The van der Waals surface area contributed by atoms with Crippen molar-refractivity contribution in [2.75, 3.05) is 10.4 Å². The first-order valence-corrected chi connectivity index (χ1v) is 12.1. The summed E-state index contributed by atoms with van der Waals surface area (Å²) in [6.45, 7) is 9.18. The number of carbonyl (C=O) groups excluding carboxylic acids is 1. The topological polar surface area (TPSA) is 102 Å². The molecule has 1 atom stereocenters. The van der Waals surface area contributed by atoms with E-state index in [1.165, 1.54) is 6.20 Å². The molecular weight excluding hydrogens is 472 g/mol. The van der Waals surface area contributed by atoms with E-state index in [0.717, 1.165) is 11.3 Å². The molecule has 0 saturated carbocycles. The standard InChI is InChI=1S/C19H19IN5OP/c1-10(2)17(22)15-7-14(5-6-16(15)25-27-20)24-19(26)18-12(4)11(3)13(8-21)9-23-18/h5-7,9,22,25,27H,1H2,2-4H3,(H,24,26). The highest BCUT2D eigenvalue weighted by atomic mass is 127. The Labute approximate surface area is 173 Å². The molecule has 0 radical (unpaired) electrons. The summed E-state index contributed by atoms with van der Waals surface area (Å²) in [4.78, 5) is 16.8. The Morgan fingerprint density at radius 1 is 1.37 bits per heavy atom. The van der Waals surface area contributed by atoms with Crippen molar-refractivity contribution in [2.24, 2.45) is 0 Å². The van der Waals surface area contributed by atoms with E-state index in [0.29, 0.717) is 40.0 Å². The van der Waals surface area contributed by atoms with Crippen LogP contribution in [-0.4, -0.2) is 16.6 Å². The van der Waals surface area contributed by atoms with Crippen molar-refractivity contribution in [3.8, 4) is 6.07 Å². The number of nitrogens with one attached hydrogen (secondary N) is 3. The number of pyridine rings is 1. The molecule has 0 aliphatic rings. The Kier molecular flexibility index (Phi) is 7.05. The van der Waals surface area contributed by atoms with Gasteiger partial charge in [0, 0.05) is 29.5 Å². The summed E-state index contributed by atoms with van der Waals surface area (Å²) >= 11 is 2.22. The van der Waals surface area contributed by atoms with E-state index >= 15 is 0 Å². The van der Waals surface area contributed by atoms with Crippen LogP contribution in [0.1, 0.15) is 39.7 Å². The zero-order chi connectivity index (χ0) is 20.1. The summed E-state index contributed by atoms with van der Waals surface area (Å²) in [7, 11) is 0. The van der Waals surface area contributed by atoms with Crippen LogP contribution in [-0.2, 0) is 0 Å². The van der Waals surface area contributed by atoms with Crippen molar-refractivity contribution in [3.63, 3.8) is 0 Å². The molecule has 1 heterocycles. The monoisotopic (exact) mass is 491 g/mol. The van der Waals surface area contributed by atoms with Gasteiger partial charge in [-0.1, -0.05) is 6.58 Å². The third kappa shape index (κ3) is 4.71. The van der Waals surface area contributed by atoms with Gasteiger partial charge in [0.25, 0.3) is 5.91 Å². The van der Waals surface area contributed by atoms with Crippen LogP contribution in [0.2, 0.25) is 0 Å². The minimum absolute atomic E-state index is 0.277. The fraction of sp³-hybridized carbons (Fsp3) is 0.158. The van der Waals surface area contributed by atoms with E-state index < -0.39 is 0 Å². The maximum atomic E-state index is 12.7. The summed E-state index contributed by atoms with van der Waals surface area (Å²) in [5, 5.41) is 23.4. The van der Waals surface area contributed by atoms with E-state index in [1.807, 2.05) is 6.07 Å². The number of allylic oxidation sites excluding steroid dienone is 1. The van der Waals surface area contributed by atoms with Crippen LogP contribution in [0, 0.1) is 30.6 Å². The zero-order valence-corrected chi connectivity index (χ0v) is 18.4. The molecule has 1 unspecified atom stereocenters.